The molecule has 0 radical (unpaired) electrons. The van der Waals surface area contributed by atoms with Crippen molar-refractivity contribution in [1.29, 1.82) is 0 Å². The number of phenolic OH excluding ortho intramolecular Hbond substituents is 1. The molecule has 25 heavy (non-hydrogen) atoms. The number of para-hydroxylation sites is 3. The number of imidazole rings is 1. The van der Waals surface area contributed by atoms with Crippen LogP contribution in [0, 0.1) is 0 Å². The van der Waals surface area contributed by atoms with E-state index < -0.39 is 0 Å². The monoisotopic (exact) mass is 338 g/mol. The van der Waals surface area contributed by atoms with Gasteiger partial charge in [-0.25, -0.2) is 10.4 Å². The first kappa shape index (κ1) is 16.5. The number of aromatic hydroxyl groups is 1. The maximum atomic E-state index is 12.0. The average Bonchev–Trinajstić information content (AvgIpc) is 3.01. The number of benzene rings is 2. The fourth-order valence-corrected chi connectivity index (χ4v) is 2.42. The van der Waals surface area contributed by atoms with Crippen LogP contribution in [-0.4, -0.2) is 33.4 Å². The van der Waals surface area contributed by atoms with E-state index in [0.29, 0.717) is 17.9 Å². The molecule has 0 unspecified atom stereocenters. The Bertz CT molecular complexity index is 918. The van der Waals surface area contributed by atoms with Gasteiger partial charge < -0.3 is 14.4 Å². The van der Waals surface area contributed by atoms with Crippen LogP contribution in [0.15, 0.2) is 53.9 Å². The molecule has 0 bridgehead atoms. The molecule has 1 amide bonds. The summed E-state index contributed by atoms with van der Waals surface area (Å²) in [5, 5.41) is 14.0. The Labute approximate surface area is 144 Å². The zero-order chi connectivity index (χ0) is 17.6. The topological polar surface area (TPSA) is 88.7 Å². The van der Waals surface area contributed by atoms with E-state index in [1.54, 1.807) is 29.1 Å². The van der Waals surface area contributed by atoms with Crippen molar-refractivity contribution in [2.24, 2.45) is 5.10 Å². The SMILES string of the molecule is CCOc1cccc(C=NNC(=O)Cn2cnc3ccccc32)c1O. The number of hydrazone groups is 1. The number of amides is 1. The minimum absolute atomic E-state index is 0.0112. The molecule has 3 rings (SSSR count). The lowest BCUT2D eigenvalue weighted by Gasteiger charge is -2.07. The van der Waals surface area contributed by atoms with Crippen LogP contribution in [0.1, 0.15) is 12.5 Å². The van der Waals surface area contributed by atoms with E-state index >= 15 is 0 Å². The summed E-state index contributed by atoms with van der Waals surface area (Å²) < 4.78 is 7.05. The van der Waals surface area contributed by atoms with E-state index in [1.807, 2.05) is 31.2 Å². The van der Waals surface area contributed by atoms with Gasteiger partial charge in [0.1, 0.15) is 6.54 Å². The third-order valence-electron chi connectivity index (χ3n) is 3.56. The Morgan fingerprint density at radius 1 is 1.32 bits per heavy atom. The van der Waals surface area contributed by atoms with Gasteiger partial charge in [-0.15, -0.1) is 0 Å². The predicted molar refractivity (Wildman–Crippen MR) is 94.7 cm³/mol. The van der Waals surface area contributed by atoms with Gasteiger partial charge in [0.25, 0.3) is 5.91 Å². The van der Waals surface area contributed by atoms with Crippen molar-refractivity contribution in [1.82, 2.24) is 15.0 Å². The van der Waals surface area contributed by atoms with Gasteiger partial charge in [0.2, 0.25) is 0 Å². The van der Waals surface area contributed by atoms with Gasteiger partial charge in [-0.1, -0.05) is 18.2 Å². The standard InChI is InChI=1S/C18H18N4O3/c1-2-25-16-9-5-6-13(18(16)24)10-20-21-17(23)11-22-12-19-14-7-3-4-8-15(14)22/h3-10,12,24H,2,11H2,1H3,(H,21,23). The van der Waals surface area contributed by atoms with Crippen molar-refractivity contribution in [2.45, 2.75) is 13.5 Å². The number of carbonyl (C=O) groups excluding carboxylic acids is 1. The molecule has 1 heterocycles. The second-order valence-electron chi connectivity index (χ2n) is 5.28. The summed E-state index contributed by atoms with van der Waals surface area (Å²) in [6.45, 7) is 2.38. The lowest BCUT2D eigenvalue weighted by molar-refractivity contribution is -0.121. The van der Waals surface area contributed by atoms with Gasteiger partial charge in [-0.05, 0) is 31.2 Å². The number of fused-ring (bicyclic) bond motifs is 1. The molecule has 0 spiro atoms. The summed E-state index contributed by atoms with van der Waals surface area (Å²) in [4.78, 5) is 16.3. The highest BCUT2D eigenvalue weighted by Gasteiger charge is 2.07. The molecule has 128 valence electrons. The Hall–Kier alpha value is -3.35. The number of nitrogens with zero attached hydrogens (tertiary/aromatic N) is 3. The molecule has 0 aliphatic heterocycles. The largest absolute Gasteiger partial charge is 0.504 e. The molecule has 0 saturated heterocycles. The third kappa shape index (κ3) is 3.77. The number of aromatic nitrogens is 2. The fourth-order valence-electron chi connectivity index (χ4n) is 2.42. The highest BCUT2D eigenvalue weighted by atomic mass is 16.5. The Morgan fingerprint density at radius 3 is 3.00 bits per heavy atom. The smallest absolute Gasteiger partial charge is 0.260 e. The first-order chi connectivity index (χ1) is 12.2. The summed E-state index contributed by atoms with van der Waals surface area (Å²) in [7, 11) is 0. The van der Waals surface area contributed by atoms with Crippen LogP contribution in [-0.2, 0) is 11.3 Å². The van der Waals surface area contributed by atoms with Gasteiger partial charge in [-0.3, -0.25) is 4.79 Å². The number of hydrogen-bond donors (Lipinski definition) is 2. The van der Waals surface area contributed by atoms with E-state index in [1.165, 1.54) is 6.21 Å². The van der Waals surface area contributed by atoms with Gasteiger partial charge in [0.05, 0.1) is 30.2 Å². The molecule has 0 atom stereocenters. The highest BCUT2D eigenvalue weighted by Crippen LogP contribution is 2.28. The molecule has 2 N–H and O–H groups in total. The second kappa shape index (κ2) is 7.48. The Morgan fingerprint density at radius 2 is 2.16 bits per heavy atom. The molecule has 7 heteroatoms. The average molecular weight is 338 g/mol. The molecular formula is C18H18N4O3. The van der Waals surface area contributed by atoms with Crippen LogP contribution in [0.25, 0.3) is 11.0 Å². The predicted octanol–water partition coefficient (Wildman–Crippen LogP) is 2.29. The molecule has 1 aromatic heterocycles. The van der Waals surface area contributed by atoms with Crippen LogP contribution < -0.4 is 10.2 Å². The van der Waals surface area contributed by atoms with Gasteiger partial charge >= 0.3 is 0 Å². The Balaban J connectivity index is 1.64. The van der Waals surface area contributed by atoms with Gasteiger partial charge in [0, 0.05) is 5.56 Å². The van der Waals surface area contributed by atoms with Crippen LogP contribution in [0.5, 0.6) is 11.5 Å². The first-order valence-corrected chi connectivity index (χ1v) is 7.85. The number of ether oxygens (including phenoxy) is 1. The molecule has 2 aromatic carbocycles. The first-order valence-electron chi connectivity index (χ1n) is 7.85. The quantitative estimate of drug-likeness (QED) is 0.533. The van der Waals surface area contributed by atoms with E-state index in [9.17, 15) is 9.90 Å². The molecule has 3 aromatic rings. The van der Waals surface area contributed by atoms with E-state index in [2.05, 4.69) is 15.5 Å². The molecule has 7 nitrogen and oxygen atoms in total. The summed E-state index contributed by atoms with van der Waals surface area (Å²) in [6.07, 6.45) is 2.99. The molecule has 0 saturated carbocycles. The molecule has 0 aliphatic rings. The zero-order valence-corrected chi connectivity index (χ0v) is 13.7. The van der Waals surface area contributed by atoms with E-state index in [4.69, 9.17) is 4.74 Å². The number of nitrogens with one attached hydrogen (secondary N) is 1. The lowest BCUT2D eigenvalue weighted by atomic mass is 10.2. The normalized spacial score (nSPS) is 11.1. The van der Waals surface area contributed by atoms with Crippen molar-refractivity contribution < 1.29 is 14.6 Å². The zero-order valence-electron chi connectivity index (χ0n) is 13.7. The highest BCUT2D eigenvalue weighted by molar-refractivity contribution is 5.86. The molecule has 0 aliphatic carbocycles. The maximum Gasteiger partial charge on any atom is 0.260 e. The van der Waals surface area contributed by atoms with Gasteiger partial charge in [0.15, 0.2) is 11.5 Å². The number of phenols is 1. The van der Waals surface area contributed by atoms with E-state index in [0.717, 1.165) is 11.0 Å². The maximum absolute atomic E-state index is 12.0. The third-order valence-corrected chi connectivity index (χ3v) is 3.56. The summed E-state index contributed by atoms with van der Waals surface area (Å²) in [5.41, 5.74) is 4.61. The van der Waals surface area contributed by atoms with Crippen LogP contribution >= 0.6 is 0 Å². The fraction of sp³-hybridized carbons (Fsp3) is 0.167. The van der Waals surface area contributed by atoms with Gasteiger partial charge in [-0.2, -0.15) is 5.10 Å². The van der Waals surface area contributed by atoms with Crippen LogP contribution in [0.2, 0.25) is 0 Å². The van der Waals surface area contributed by atoms with Crippen molar-refractivity contribution in [3.8, 4) is 11.5 Å². The van der Waals surface area contributed by atoms with Crippen molar-refractivity contribution in [3.63, 3.8) is 0 Å². The number of carbonyl (C=O) groups is 1. The van der Waals surface area contributed by atoms with Crippen molar-refractivity contribution in [2.75, 3.05) is 6.61 Å². The van der Waals surface area contributed by atoms with Crippen LogP contribution in [0.3, 0.4) is 0 Å². The van der Waals surface area contributed by atoms with Crippen LogP contribution in [0.4, 0.5) is 0 Å². The lowest BCUT2D eigenvalue weighted by Crippen LogP contribution is -2.22. The second-order valence-corrected chi connectivity index (χ2v) is 5.28. The minimum atomic E-state index is -0.292. The molecule has 0 fully saturated rings. The summed E-state index contributed by atoms with van der Waals surface area (Å²) in [5.74, 6) is 0.0745. The van der Waals surface area contributed by atoms with E-state index in [-0.39, 0.29) is 18.2 Å². The summed E-state index contributed by atoms with van der Waals surface area (Å²) in [6, 6.07) is 12.7. The Kier molecular flexibility index (Phi) is 4.94. The number of rotatable bonds is 6. The summed E-state index contributed by atoms with van der Waals surface area (Å²) >= 11 is 0. The molecular weight excluding hydrogens is 320 g/mol. The number of hydrogen-bond acceptors (Lipinski definition) is 5. The van der Waals surface area contributed by atoms with Crippen molar-refractivity contribution in [3.05, 3.63) is 54.4 Å². The minimum Gasteiger partial charge on any atom is -0.504 e. The van der Waals surface area contributed by atoms with Crippen molar-refractivity contribution >= 4 is 23.2 Å².